The Bertz CT molecular complexity index is 593. The molecule has 2 rings (SSSR count). The van der Waals surface area contributed by atoms with Gasteiger partial charge in [0.25, 0.3) is 5.91 Å². The van der Waals surface area contributed by atoms with Crippen molar-refractivity contribution in [3.8, 4) is 16.3 Å². The number of nitrogens with zero attached hydrogens (tertiary/aromatic N) is 1. The molecule has 1 amide bonds. The summed E-state index contributed by atoms with van der Waals surface area (Å²) in [6, 6.07) is 7.57. The molecule has 5 nitrogen and oxygen atoms in total. The van der Waals surface area contributed by atoms with Gasteiger partial charge >= 0.3 is 0 Å². The quantitative estimate of drug-likeness (QED) is 0.861. The summed E-state index contributed by atoms with van der Waals surface area (Å²) >= 11 is 1.34. The van der Waals surface area contributed by atoms with Gasteiger partial charge in [-0.25, -0.2) is 10.5 Å². The fourth-order valence-electron chi connectivity index (χ4n) is 1.65. The van der Waals surface area contributed by atoms with Crippen molar-refractivity contribution in [2.24, 2.45) is 0 Å². The molecule has 0 aliphatic carbocycles. The molecule has 0 aliphatic heterocycles. The number of benzene rings is 1. The number of rotatable bonds is 5. The number of carbonyl (C=O) groups is 1. The molecule has 0 saturated heterocycles. The maximum absolute atomic E-state index is 11.9. The van der Waals surface area contributed by atoms with Gasteiger partial charge in [-0.15, -0.1) is 11.3 Å². The minimum atomic E-state index is -0.262. The largest absolute Gasteiger partial charge is 0.497 e. The van der Waals surface area contributed by atoms with Gasteiger partial charge in [0.15, 0.2) is 0 Å². The Balaban J connectivity index is 2.23. The van der Waals surface area contributed by atoms with E-state index in [-0.39, 0.29) is 5.91 Å². The predicted molar refractivity (Wildman–Crippen MR) is 77.9 cm³/mol. The van der Waals surface area contributed by atoms with Crippen LogP contribution in [0.15, 0.2) is 24.3 Å². The number of aryl methyl sites for hydroxylation is 1. The average molecular weight is 292 g/mol. The maximum Gasteiger partial charge on any atom is 0.286 e. The van der Waals surface area contributed by atoms with Crippen molar-refractivity contribution in [1.29, 1.82) is 0 Å². The molecule has 0 atom stereocenters. The van der Waals surface area contributed by atoms with Crippen LogP contribution in [-0.4, -0.2) is 24.6 Å². The van der Waals surface area contributed by atoms with Crippen molar-refractivity contribution in [2.45, 2.75) is 13.8 Å². The molecule has 1 aromatic carbocycles. The summed E-state index contributed by atoms with van der Waals surface area (Å²) in [5.41, 5.74) is 4.03. The first-order valence-electron chi connectivity index (χ1n) is 6.19. The molecule has 0 bridgehead atoms. The van der Waals surface area contributed by atoms with Crippen LogP contribution in [-0.2, 0) is 4.84 Å². The van der Waals surface area contributed by atoms with E-state index in [2.05, 4.69) is 10.5 Å². The van der Waals surface area contributed by atoms with E-state index in [1.807, 2.05) is 38.1 Å². The lowest BCUT2D eigenvalue weighted by molar-refractivity contribution is 0.0367. The molecular weight excluding hydrogens is 276 g/mol. The van der Waals surface area contributed by atoms with Gasteiger partial charge in [0.2, 0.25) is 0 Å². The Hall–Kier alpha value is -1.92. The lowest BCUT2D eigenvalue weighted by atomic mass is 10.2. The smallest absolute Gasteiger partial charge is 0.286 e. The van der Waals surface area contributed by atoms with Gasteiger partial charge in [-0.1, -0.05) is 0 Å². The van der Waals surface area contributed by atoms with Crippen molar-refractivity contribution in [3.05, 3.63) is 34.8 Å². The highest BCUT2D eigenvalue weighted by atomic mass is 32.1. The molecule has 1 N–H and O–H groups in total. The summed E-state index contributed by atoms with van der Waals surface area (Å²) in [4.78, 5) is 21.8. The van der Waals surface area contributed by atoms with Gasteiger partial charge < -0.3 is 4.74 Å². The first-order valence-corrected chi connectivity index (χ1v) is 7.01. The van der Waals surface area contributed by atoms with Gasteiger partial charge in [0.1, 0.15) is 15.6 Å². The van der Waals surface area contributed by atoms with Crippen molar-refractivity contribution in [1.82, 2.24) is 10.5 Å². The number of ether oxygens (including phenoxy) is 1. The molecule has 1 aromatic heterocycles. The van der Waals surface area contributed by atoms with Crippen molar-refractivity contribution >= 4 is 17.2 Å². The number of aromatic nitrogens is 1. The third kappa shape index (κ3) is 3.15. The zero-order valence-electron chi connectivity index (χ0n) is 11.6. The molecular formula is C14H16N2O3S. The first-order chi connectivity index (χ1) is 9.65. The van der Waals surface area contributed by atoms with Gasteiger partial charge in [-0.2, -0.15) is 0 Å². The Kier molecular flexibility index (Phi) is 4.70. The monoisotopic (exact) mass is 292 g/mol. The lowest BCUT2D eigenvalue weighted by Crippen LogP contribution is -2.23. The van der Waals surface area contributed by atoms with E-state index in [1.54, 1.807) is 7.11 Å². The van der Waals surface area contributed by atoms with Crippen molar-refractivity contribution < 1.29 is 14.4 Å². The van der Waals surface area contributed by atoms with Crippen molar-refractivity contribution in [3.63, 3.8) is 0 Å². The van der Waals surface area contributed by atoms with Crippen LogP contribution < -0.4 is 10.2 Å². The fourth-order valence-corrected chi connectivity index (χ4v) is 2.61. The van der Waals surface area contributed by atoms with Gasteiger partial charge in [0, 0.05) is 5.56 Å². The summed E-state index contributed by atoms with van der Waals surface area (Å²) < 4.78 is 5.12. The summed E-state index contributed by atoms with van der Waals surface area (Å²) in [5.74, 6) is 0.526. The number of hydrogen-bond donors (Lipinski definition) is 1. The topological polar surface area (TPSA) is 60.5 Å². The van der Waals surface area contributed by atoms with E-state index in [0.717, 1.165) is 16.3 Å². The Labute approximate surface area is 121 Å². The zero-order valence-corrected chi connectivity index (χ0v) is 12.4. The van der Waals surface area contributed by atoms with E-state index < -0.39 is 0 Å². The summed E-state index contributed by atoms with van der Waals surface area (Å²) in [6.45, 7) is 4.04. The lowest BCUT2D eigenvalue weighted by Gasteiger charge is -2.01. The molecule has 1 heterocycles. The third-order valence-electron chi connectivity index (χ3n) is 2.65. The normalized spacial score (nSPS) is 10.3. The van der Waals surface area contributed by atoms with E-state index in [1.165, 1.54) is 11.3 Å². The minimum absolute atomic E-state index is 0.262. The number of nitrogens with one attached hydrogen (secondary N) is 1. The maximum atomic E-state index is 11.9. The molecule has 0 unspecified atom stereocenters. The SMILES string of the molecule is CCONC(=O)c1sc(-c2ccc(OC)cc2)nc1C. The van der Waals surface area contributed by atoms with Crippen LogP contribution in [0.25, 0.3) is 10.6 Å². The van der Waals surface area contributed by atoms with Crippen molar-refractivity contribution in [2.75, 3.05) is 13.7 Å². The number of carbonyl (C=O) groups excluding carboxylic acids is 1. The van der Waals surface area contributed by atoms with Crippen LogP contribution in [0.5, 0.6) is 5.75 Å². The highest BCUT2D eigenvalue weighted by Crippen LogP contribution is 2.29. The van der Waals surface area contributed by atoms with Crippen LogP contribution in [0, 0.1) is 6.92 Å². The fraction of sp³-hybridized carbons (Fsp3) is 0.286. The van der Waals surface area contributed by atoms with E-state index >= 15 is 0 Å². The molecule has 20 heavy (non-hydrogen) atoms. The average Bonchev–Trinajstić information content (AvgIpc) is 2.87. The van der Waals surface area contributed by atoms with Gasteiger partial charge in [-0.05, 0) is 38.1 Å². The number of methoxy groups -OCH3 is 1. The Morgan fingerprint density at radius 2 is 2.05 bits per heavy atom. The molecule has 106 valence electrons. The summed E-state index contributed by atoms with van der Waals surface area (Å²) in [7, 11) is 1.62. The zero-order chi connectivity index (χ0) is 14.5. The summed E-state index contributed by atoms with van der Waals surface area (Å²) in [5, 5.41) is 0.798. The molecule has 0 aliphatic rings. The standard InChI is InChI=1S/C14H16N2O3S/c1-4-19-16-13(17)12-9(2)15-14(20-12)10-5-7-11(18-3)8-6-10/h5-8H,4H2,1-3H3,(H,16,17). The van der Waals surface area contributed by atoms with E-state index in [4.69, 9.17) is 9.57 Å². The van der Waals surface area contributed by atoms with Crippen LogP contribution >= 0.6 is 11.3 Å². The number of hydrogen-bond acceptors (Lipinski definition) is 5. The second kappa shape index (κ2) is 6.49. The van der Waals surface area contributed by atoms with E-state index in [0.29, 0.717) is 17.2 Å². The molecule has 0 radical (unpaired) electrons. The van der Waals surface area contributed by atoms with Crippen LogP contribution in [0.2, 0.25) is 0 Å². The highest BCUT2D eigenvalue weighted by molar-refractivity contribution is 7.17. The molecule has 0 fully saturated rings. The predicted octanol–water partition coefficient (Wildman–Crippen LogP) is 2.81. The number of thiazole rings is 1. The van der Waals surface area contributed by atoms with E-state index in [9.17, 15) is 4.79 Å². The Morgan fingerprint density at radius 3 is 2.65 bits per heavy atom. The van der Waals surface area contributed by atoms with Gasteiger partial charge in [-0.3, -0.25) is 9.63 Å². The Morgan fingerprint density at radius 1 is 1.35 bits per heavy atom. The second-order valence-corrected chi connectivity index (χ2v) is 5.03. The molecule has 0 spiro atoms. The van der Waals surface area contributed by atoms with Crippen LogP contribution in [0.4, 0.5) is 0 Å². The summed E-state index contributed by atoms with van der Waals surface area (Å²) in [6.07, 6.45) is 0. The highest BCUT2D eigenvalue weighted by Gasteiger charge is 2.16. The molecule has 0 saturated carbocycles. The third-order valence-corrected chi connectivity index (χ3v) is 3.85. The number of amides is 1. The molecule has 2 aromatic rings. The minimum Gasteiger partial charge on any atom is -0.497 e. The van der Waals surface area contributed by atoms with Crippen LogP contribution in [0.1, 0.15) is 22.3 Å². The second-order valence-electron chi connectivity index (χ2n) is 4.03. The van der Waals surface area contributed by atoms with Crippen LogP contribution in [0.3, 0.4) is 0 Å². The molecule has 6 heteroatoms. The number of hydroxylamine groups is 1. The van der Waals surface area contributed by atoms with Gasteiger partial charge in [0.05, 0.1) is 19.4 Å². The first kappa shape index (κ1) is 14.5.